The Balaban J connectivity index is 2.54. The minimum absolute atomic E-state index is 1.13. The lowest BCUT2D eigenvalue weighted by atomic mass is 10.2. The SMILES string of the molecule is C1=CCCC\C=C/C=C\C=C/C=C\C=C/C=C\C=C/1. The van der Waals surface area contributed by atoms with Crippen molar-refractivity contribution in [2.24, 2.45) is 0 Å². The summed E-state index contributed by atoms with van der Waals surface area (Å²) >= 11 is 0. The van der Waals surface area contributed by atoms with E-state index in [1.807, 2.05) is 60.8 Å². The maximum Gasteiger partial charge on any atom is -0.0345 e. The Kier molecular flexibility index (Phi) is 9.76. The molecule has 0 fully saturated rings. The van der Waals surface area contributed by atoms with Crippen molar-refractivity contribution in [3.8, 4) is 0 Å². The van der Waals surface area contributed by atoms with Crippen LogP contribution >= 0.6 is 0 Å². The van der Waals surface area contributed by atoms with Crippen molar-refractivity contribution >= 4 is 0 Å². The standard InChI is InChI=1S/C19H22/c1-2-4-6-8-10-12-14-16-18-19-17-15-13-11-9-7-5-3-1/h1-16H,17-19H2/b3-1-,4-2-,7-5-,8-6-,11-9-,12-10-,15-13-,16-14?. The first-order valence-electron chi connectivity index (χ1n) is 6.82. The van der Waals surface area contributed by atoms with Crippen LogP contribution in [0.25, 0.3) is 0 Å². The quantitative estimate of drug-likeness (QED) is 0.523. The molecular formula is C19H22. The van der Waals surface area contributed by atoms with Crippen molar-refractivity contribution in [1.29, 1.82) is 0 Å². The summed E-state index contributed by atoms with van der Waals surface area (Å²) in [7, 11) is 0. The summed E-state index contributed by atoms with van der Waals surface area (Å²) in [6.45, 7) is 0. The average Bonchev–Trinajstić information content (AvgIpc) is 2.43. The van der Waals surface area contributed by atoms with Gasteiger partial charge >= 0.3 is 0 Å². The first-order chi connectivity index (χ1) is 9.50. The summed E-state index contributed by atoms with van der Waals surface area (Å²) in [5, 5.41) is 0. The second-order valence-electron chi connectivity index (χ2n) is 4.10. The summed E-state index contributed by atoms with van der Waals surface area (Å²) in [5.74, 6) is 0. The normalized spacial score (nSPS) is 29.1. The van der Waals surface area contributed by atoms with E-state index >= 15 is 0 Å². The molecule has 1 aliphatic rings. The molecule has 98 valence electrons. The topological polar surface area (TPSA) is 0 Å². The van der Waals surface area contributed by atoms with Crippen LogP contribution in [0.3, 0.4) is 0 Å². The first-order valence-corrected chi connectivity index (χ1v) is 6.82. The maximum absolute atomic E-state index is 2.21. The van der Waals surface area contributed by atoms with E-state index in [2.05, 4.69) is 36.5 Å². The van der Waals surface area contributed by atoms with E-state index in [0.717, 1.165) is 12.8 Å². The zero-order valence-electron chi connectivity index (χ0n) is 11.4. The van der Waals surface area contributed by atoms with Gasteiger partial charge in [-0.15, -0.1) is 0 Å². The zero-order chi connectivity index (χ0) is 13.4. The van der Waals surface area contributed by atoms with Crippen molar-refractivity contribution in [3.63, 3.8) is 0 Å². The third kappa shape index (κ3) is 10.8. The number of hydrogen-bond acceptors (Lipinski definition) is 0. The van der Waals surface area contributed by atoms with Gasteiger partial charge < -0.3 is 0 Å². The van der Waals surface area contributed by atoms with E-state index in [9.17, 15) is 0 Å². The summed E-state index contributed by atoms with van der Waals surface area (Å²) in [6, 6.07) is 0. The monoisotopic (exact) mass is 250 g/mol. The van der Waals surface area contributed by atoms with Crippen LogP contribution in [0.2, 0.25) is 0 Å². The van der Waals surface area contributed by atoms with Gasteiger partial charge in [0.2, 0.25) is 0 Å². The molecule has 19 heavy (non-hydrogen) atoms. The summed E-state index contributed by atoms with van der Waals surface area (Å²) in [6.07, 6.45) is 36.5. The van der Waals surface area contributed by atoms with Gasteiger partial charge in [0.15, 0.2) is 0 Å². The molecule has 0 aromatic heterocycles. The molecule has 1 rings (SSSR count). The fraction of sp³-hybridized carbons (Fsp3) is 0.158. The highest BCUT2D eigenvalue weighted by Gasteiger charge is 1.78. The lowest BCUT2D eigenvalue weighted by Crippen LogP contribution is -1.68. The Morgan fingerprint density at radius 3 is 0.895 bits per heavy atom. The van der Waals surface area contributed by atoms with Gasteiger partial charge in [0.25, 0.3) is 0 Å². The van der Waals surface area contributed by atoms with Gasteiger partial charge in [0.05, 0.1) is 0 Å². The molecule has 0 radical (unpaired) electrons. The second kappa shape index (κ2) is 12.4. The van der Waals surface area contributed by atoms with Crippen molar-refractivity contribution in [2.45, 2.75) is 19.3 Å². The first kappa shape index (κ1) is 15.0. The van der Waals surface area contributed by atoms with Crippen LogP contribution in [0, 0.1) is 0 Å². The van der Waals surface area contributed by atoms with Crippen molar-refractivity contribution in [2.75, 3.05) is 0 Å². The highest BCUT2D eigenvalue weighted by atomic mass is 13.8. The van der Waals surface area contributed by atoms with Crippen molar-refractivity contribution in [1.82, 2.24) is 0 Å². The second-order valence-corrected chi connectivity index (χ2v) is 4.10. The van der Waals surface area contributed by atoms with Gasteiger partial charge in [-0.3, -0.25) is 0 Å². The third-order valence-corrected chi connectivity index (χ3v) is 2.46. The summed E-state index contributed by atoms with van der Waals surface area (Å²) in [5.41, 5.74) is 0. The molecule has 0 aromatic rings. The molecule has 0 atom stereocenters. The maximum atomic E-state index is 2.21. The summed E-state index contributed by atoms with van der Waals surface area (Å²) < 4.78 is 0. The Labute approximate surface area is 117 Å². The van der Waals surface area contributed by atoms with Gasteiger partial charge in [-0.1, -0.05) is 97.2 Å². The van der Waals surface area contributed by atoms with Gasteiger partial charge in [-0.25, -0.2) is 0 Å². The third-order valence-electron chi connectivity index (χ3n) is 2.46. The van der Waals surface area contributed by atoms with Crippen LogP contribution < -0.4 is 0 Å². The van der Waals surface area contributed by atoms with E-state index in [-0.39, 0.29) is 0 Å². The van der Waals surface area contributed by atoms with Gasteiger partial charge in [-0.05, 0) is 19.3 Å². The molecule has 1 aliphatic carbocycles. The molecule has 0 amide bonds. The van der Waals surface area contributed by atoms with Gasteiger partial charge in [0.1, 0.15) is 0 Å². The lowest BCUT2D eigenvalue weighted by Gasteiger charge is -1.88. The van der Waals surface area contributed by atoms with E-state index in [0.29, 0.717) is 0 Å². The highest BCUT2D eigenvalue weighted by molar-refractivity contribution is 5.21. The van der Waals surface area contributed by atoms with Crippen LogP contribution in [-0.2, 0) is 0 Å². The number of rotatable bonds is 0. The molecule has 0 nitrogen and oxygen atoms in total. The number of hydrogen-bond donors (Lipinski definition) is 0. The molecule has 0 heteroatoms. The van der Waals surface area contributed by atoms with Gasteiger partial charge in [0, 0.05) is 0 Å². The molecule has 0 saturated carbocycles. The minimum Gasteiger partial charge on any atom is -0.0845 e. The average molecular weight is 250 g/mol. The molecule has 0 unspecified atom stereocenters. The largest absolute Gasteiger partial charge is 0.0845 e. The van der Waals surface area contributed by atoms with Crippen LogP contribution in [0.5, 0.6) is 0 Å². The Bertz CT molecular complexity index is 393. The lowest BCUT2D eigenvalue weighted by molar-refractivity contribution is 0.868. The number of allylic oxidation sites excluding steroid dienone is 16. The fourth-order valence-electron chi connectivity index (χ4n) is 1.47. The molecule has 0 bridgehead atoms. The van der Waals surface area contributed by atoms with Crippen LogP contribution in [0.15, 0.2) is 97.2 Å². The molecular weight excluding hydrogens is 228 g/mol. The molecule has 0 aliphatic heterocycles. The fourth-order valence-corrected chi connectivity index (χ4v) is 1.47. The molecule has 0 heterocycles. The van der Waals surface area contributed by atoms with Gasteiger partial charge in [-0.2, -0.15) is 0 Å². The molecule has 0 spiro atoms. The molecule has 0 N–H and O–H groups in total. The van der Waals surface area contributed by atoms with Crippen molar-refractivity contribution < 1.29 is 0 Å². The van der Waals surface area contributed by atoms with E-state index in [1.165, 1.54) is 6.42 Å². The van der Waals surface area contributed by atoms with Crippen LogP contribution in [0.1, 0.15) is 19.3 Å². The van der Waals surface area contributed by atoms with E-state index < -0.39 is 0 Å². The van der Waals surface area contributed by atoms with E-state index in [1.54, 1.807) is 0 Å². The minimum atomic E-state index is 1.13. The summed E-state index contributed by atoms with van der Waals surface area (Å²) in [4.78, 5) is 0. The predicted octanol–water partition coefficient (Wildman–Crippen LogP) is 5.62. The molecule has 0 saturated heterocycles. The van der Waals surface area contributed by atoms with Crippen LogP contribution in [-0.4, -0.2) is 0 Å². The zero-order valence-corrected chi connectivity index (χ0v) is 11.4. The van der Waals surface area contributed by atoms with E-state index in [4.69, 9.17) is 0 Å². The van der Waals surface area contributed by atoms with Crippen molar-refractivity contribution in [3.05, 3.63) is 97.2 Å². The Morgan fingerprint density at radius 1 is 0.316 bits per heavy atom. The highest BCUT2D eigenvalue weighted by Crippen LogP contribution is 1.98. The Morgan fingerprint density at radius 2 is 0.579 bits per heavy atom. The van der Waals surface area contributed by atoms with Crippen LogP contribution in [0.4, 0.5) is 0 Å². The smallest absolute Gasteiger partial charge is 0.0345 e. The molecule has 0 aromatic carbocycles. The predicted molar refractivity (Wildman–Crippen MR) is 87.0 cm³/mol. The Hall–Kier alpha value is -2.08.